The minimum atomic E-state index is -0.165. The third-order valence-corrected chi connectivity index (χ3v) is 3.75. The molecule has 0 bridgehead atoms. The molecule has 0 amide bonds. The molecule has 0 saturated heterocycles. The number of allylic oxidation sites excluding steroid dienone is 2. The number of esters is 1. The van der Waals surface area contributed by atoms with E-state index < -0.39 is 0 Å². The molecule has 0 spiro atoms. The summed E-state index contributed by atoms with van der Waals surface area (Å²) >= 11 is 0. The number of hydrogen-bond donors (Lipinski definition) is 0. The zero-order chi connectivity index (χ0) is 16.6. The molecule has 0 aromatic rings. The highest BCUT2D eigenvalue weighted by Crippen LogP contribution is 2.13. The van der Waals surface area contributed by atoms with Gasteiger partial charge < -0.3 is 9.53 Å². The Balaban J connectivity index is 3.34. The monoisotopic (exact) mass is 310 g/mol. The van der Waals surface area contributed by atoms with Gasteiger partial charge >= 0.3 is 5.97 Å². The Morgan fingerprint density at radius 2 is 1.50 bits per heavy atom. The van der Waals surface area contributed by atoms with Crippen LogP contribution in [-0.2, 0) is 14.3 Å². The van der Waals surface area contributed by atoms with Crippen molar-refractivity contribution in [1.29, 1.82) is 0 Å². The van der Waals surface area contributed by atoms with Crippen molar-refractivity contribution in [3.8, 4) is 0 Å². The van der Waals surface area contributed by atoms with Crippen molar-refractivity contribution in [3.05, 3.63) is 12.2 Å². The Labute approximate surface area is 136 Å². The van der Waals surface area contributed by atoms with E-state index in [4.69, 9.17) is 4.74 Å². The van der Waals surface area contributed by atoms with Gasteiger partial charge in [-0.05, 0) is 51.9 Å². The van der Waals surface area contributed by atoms with Gasteiger partial charge in [-0.15, -0.1) is 0 Å². The first kappa shape index (κ1) is 20.9. The molecule has 0 rings (SSSR count). The summed E-state index contributed by atoms with van der Waals surface area (Å²) in [6.45, 7) is 5.20. The van der Waals surface area contributed by atoms with Crippen LogP contribution in [0.25, 0.3) is 0 Å². The van der Waals surface area contributed by atoms with E-state index in [1.165, 1.54) is 32.6 Å². The number of ether oxygens (including phenoxy) is 1. The minimum absolute atomic E-state index is 0.107. The fourth-order valence-corrected chi connectivity index (χ4v) is 2.45. The number of carbonyl (C=O) groups excluding carboxylic acids is 2. The van der Waals surface area contributed by atoms with E-state index in [1.54, 1.807) is 6.92 Å². The Morgan fingerprint density at radius 3 is 2.09 bits per heavy atom. The van der Waals surface area contributed by atoms with Crippen LogP contribution < -0.4 is 0 Å². The number of unbranched alkanes of at least 4 members (excludes halogenated alkanes) is 6. The second kappa shape index (κ2) is 14.8. The molecule has 128 valence electrons. The standard InChI is InChI=1S/C19H34O3/c1-4-19(22-18(3)21)16-14-12-10-8-6-5-7-9-11-13-15-17(2)20/h7,9,19H,4-6,8,10-16H2,1-3H3. The van der Waals surface area contributed by atoms with Gasteiger partial charge in [-0.3, -0.25) is 4.79 Å². The molecule has 0 fully saturated rings. The SMILES string of the molecule is CCC(CCCCCCCC=CCCCC(C)=O)OC(C)=O. The number of Topliss-reactive ketones (excluding diaryl/α,β-unsaturated/α-hetero) is 1. The lowest BCUT2D eigenvalue weighted by atomic mass is 10.1. The van der Waals surface area contributed by atoms with E-state index in [0.29, 0.717) is 6.42 Å². The van der Waals surface area contributed by atoms with Crippen LogP contribution in [0.15, 0.2) is 12.2 Å². The Morgan fingerprint density at radius 1 is 0.909 bits per heavy atom. The molecule has 0 aliphatic rings. The molecule has 0 aromatic heterocycles. The van der Waals surface area contributed by atoms with E-state index in [2.05, 4.69) is 19.1 Å². The van der Waals surface area contributed by atoms with Gasteiger partial charge in [0.05, 0.1) is 0 Å². The zero-order valence-corrected chi connectivity index (χ0v) is 14.7. The van der Waals surface area contributed by atoms with Crippen molar-refractivity contribution >= 4 is 11.8 Å². The van der Waals surface area contributed by atoms with E-state index >= 15 is 0 Å². The highest BCUT2D eigenvalue weighted by atomic mass is 16.5. The topological polar surface area (TPSA) is 43.4 Å². The fourth-order valence-electron chi connectivity index (χ4n) is 2.45. The Kier molecular flexibility index (Phi) is 14.0. The minimum Gasteiger partial charge on any atom is -0.463 e. The van der Waals surface area contributed by atoms with E-state index in [-0.39, 0.29) is 17.9 Å². The largest absolute Gasteiger partial charge is 0.463 e. The first-order valence-electron chi connectivity index (χ1n) is 8.88. The van der Waals surface area contributed by atoms with Gasteiger partial charge in [-0.25, -0.2) is 0 Å². The normalized spacial score (nSPS) is 12.5. The van der Waals surface area contributed by atoms with Crippen LogP contribution in [0.4, 0.5) is 0 Å². The zero-order valence-electron chi connectivity index (χ0n) is 14.7. The molecule has 1 atom stereocenters. The van der Waals surface area contributed by atoms with Gasteiger partial charge in [0.15, 0.2) is 0 Å². The van der Waals surface area contributed by atoms with Crippen LogP contribution in [0.2, 0.25) is 0 Å². The number of rotatable bonds is 14. The molecule has 0 saturated carbocycles. The summed E-state index contributed by atoms with van der Waals surface area (Å²) in [5.41, 5.74) is 0. The molecular weight excluding hydrogens is 276 g/mol. The third-order valence-electron chi connectivity index (χ3n) is 3.75. The fraction of sp³-hybridized carbons (Fsp3) is 0.789. The second-order valence-electron chi connectivity index (χ2n) is 6.05. The second-order valence-corrected chi connectivity index (χ2v) is 6.05. The quantitative estimate of drug-likeness (QED) is 0.246. The molecule has 0 aliphatic carbocycles. The summed E-state index contributed by atoms with van der Waals surface area (Å²) in [5.74, 6) is 0.120. The maximum absolute atomic E-state index is 10.9. The highest BCUT2D eigenvalue weighted by molar-refractivity contribution is 5.75. The molecule has 3 nitrogen and oxygen atoms in total. The van der Waals surface area contributed by atoms with Crippen molar-refractivity contribution in [2.45, 2.75) is 97.5 Å². The summed E-state index contributed by atoms with van der Waals surface area (Å²) in [6.07, 6.45) is 16.4. The maximum Gasteiger partial charge on any atom is 0.302 e. The predicted molar refractivity (Wildman–Crippen MR) is 91.8 cm³/mol. The molecule has 0 N–H and O–H groups in total. The maximum atomic E-state index is 10.9. The van der Waals surface area contributed by atoms with Crippen molar-refractivity contribution in [2.75, 3.05) is 0 Å². The molecule has 22 heavy (non-hydrogen) atoms. The van der Waals surface area contributed by atoms with Crippen molar-refractivity contribution in [1.82, 2.24) is 0 Å². The summed E-state index contributed by atoms with van der Waals surface area (Å²) in [7, 11) is 0. The van der Waals surface area contributed by atoms with Crippen molar-refractivity contribution < 1.29 is 14.3 Å². The molecule has 0 aromatic carbocycles. The predicted octanol–water partition coefficient (Wildman–Crippen LogP) is 5.37. The number of carbonyl (C=O) groups is 2. The summed E-state index contributed by atoms with van der Waals surface area (Å²) in [6, 6.07) is 0. The lowest BCUT2D eigenvalue weighted by Crippen LogP contribution is -2.14. The molecule has 0 heterocycles. The number of ketones is 1. The molecule has 0 aliphatic heterocycles. The van der Waals surface area contributed by atoms with Crippen molar-refractivity contribution in [2.24, 2.45) is 0 Å². The van der Waals surface area contributed by atoms with Crippen LogP contribution in [0.1, 0.15) is 91.4 Å². The lowest BCUT2D eigenvalue weighted by molar-refractivity contribution is -0.146. The molecule has 3 heteroatoms. The van der Waals surface area contributed by atoms with Crippen LogP contribution >= 0.6 is 0 Å². The van der Waals surface area contributed by atoms with E-state index in [0.717, 1.165) is 38.5 Å². The van der Waals surface area contributed by atoms with Crippen LogP contribution in [-0.4, -0.2) is 17.9 Å². The first-order chi connectivity index (χ1) is 10.6. The van der Waals surface area contributed by atoms with Gasteiger partial charge in [0.1, 0.15) is 11.9 Å². The molecule has 0 radical (unpaired) electrons. The molecule has 1 unspecified atom stereocenters. The van der Waals surface area contributed by atoms with E-state index in [9.17, 15) is 9.59 Å². The third kappa shape index (κ3) is 15.3. The first-order valence-corrected chi connectivity index (χ1v) is 8.88. The van der Waals surface area contributed by atoms with Crippen LogP contribution in [0.3, 0.4) is 0 Å². The lowest BCUT2D eigenvalue weighted by Gasteiger charge is -2.14. The van der Waals surface area contributed by atoms with Crippen molar-refractivity contribution in [3.63, 3.8) is 0 Å². The summed E-state index contributed by atoms with van der Waals surface area (Å²) in [5, 5.41) is 0. The van der Waals surface area contributed by atoms with Crippen LogP contribution in [0.5, 0.6) is 0 Å². The van der Waals surface area contributed by atoms with Gasteiger partial charge in [0.2, 0.25) is 0 Å². The highest BCUT2D eigenvalue weighted by Gasteiger charge is 2.08. The summed E-state index contributed by atoms with van der Waals surface area (Å²) in [4.78, 5) is 21.7. The average Bonchev–Trinajstić information content (AvgIpc) is 2.46. The van der Waals surface area contributed by atoms with Gasteiger partial charge in [0.25, 0.3) is 0 Å². The Bertz CT molecular complexity index is 321. The van der Waals surface area contributed by atoms with Gasteiger partial charge in [-0.2, -0.15) is 0 Å². The van der Waals surface area contributed by atoms with E-state index in [1.807, 2.05) is 0 Å². The van der Waals surface area contributed by atoms with Crippen LogP contribution in [0, 0.1) is 0 Å². The average molecular weight is 310 g/mol. The molecular formula is C19H34O3. The van der Waals surface area contributed by atoms with Gasteiger partial charge in [-0.1, -0.05) is 38.3 Å². The van der Waals surface area contributed by atoms with Gasteiger partial charge in [0, 0.05) is 13.3 Å². The Hall–Kier alpha value is -1.12. The number of hydrogen-bond acceptors (Lipinski definition) is 3. The summed E-state index contributed by atoms with van der Waals surface area (Å²) < 4.78 is 5.24. The smallest absolute Gasteiger partial charge is 0.302 e.